The third kappa shape index (κ3) is 6.30. The zero-order valence-electron chi connectivity index (χ0n) is 16.6. The first kappa shape index (κ1) is 26.3. The summed E-state index contributed by atoms with van der Waals surface area (Å²) in [4.78, 5) is 12.9. The van der Waals surface area contributed by atoms with Gasteiger partial charge < -0.3 is 14.6 Å². The molecule has 0 aromatic carbocycles. The Kier molecular flexibility index (Phi) is 7.79. The number of carboxylic acids is 1. The van der Waals surface area contributed by atoms with E-state index < -0.39 is 33.3 Å². The van der Waals surface area contributed by atoms with E-state index >= 15 is 0 Å². The minimum absolute atomic E-state index is 0.191. The number of carboxylic acid groups (broad SMARTS) is 1. The van der Waals surface area contributed by atoms with Gasteiger partial charge in [-0.05, 0) is 30.5 Å². The number of carbonyl (C=O) groups is 1. The smallest absolute Gasteiger partial charge is 0.475 e. The summed E-state index contributed by atoms with van der Waals surface area (Å²) in [5.41, 5.74) is -4.18. The van der Waals surface area contributed by atoms with Crippen molar-refractivity contribution in [3.63, 3.8) is 0 Å². The van der Waals surface area contributed by atoms with E-state index in [1.54, 1.807) is 12.4 Å². The van der Waals surface area contributed by atoms with Gasteiger partial charge in [0.2, 0.25) is 0 Å². The molecule has 2 aliphatic rings. The van der Waals surface area contributed by atoms with Gasteiger partial charge in [0, 0.05) is 38.5 Å². The Hall–Kier alpha value is -1.97. The number of aliphatic carboxylic acids is 1. The Morgan fingerprint density at radius 1 is 1.31 bits per heavy atom. The summed E-state index contributed by atoms with van der Waals surface area (Å²) >= 11 is 0. The quantitative estimate of drug-likeness (QED) is 0.642. The number of sulfonamides is 1. The average Bonchev–Trinajstić information content (AvgIpc) is 2.64. The van der Waals surface area contributed by atoms with Gasteiger partial charge in [-0.1, -0.05) is 0 Å². The van der Waals surface area contributed by atoms with Crippen molar-refractivity contribution in [3.8, 4) is 0 Å². The van der Waals surface area contributed by atoms with Gasteiger partial charge in [0.25, 0.3) is 0 Å². The Labute approximate surface area is 179 Å². The van der Waals surface area contributed by atoms with Crippen molar-refractivity contribution in [2.45, 2.75) is 49.8 Å². The van der Waals surface area contributed by atoms with Crippen LogP contribution in [0.5, 0.6) is 0 Å². The van der Waals surface area contributed by atoms with Crippen LogP contribution in [-0.4, -0.2) is 71.9 Å². The number of ether oxygens (including phenoxy) is 2. The third-order valence-electron chi connectivity index (χ3n) is 4.87. The van der Waals surface area contributed by atoms with E-state index in [4.69, 9.17) is 19.4 Å². The lowest BCUT2D eigenvalue weighted by atomic mass is 9.86. The van der Waals surface area contributed by atoms with Gasteiger partial charge >= 0.3 is 27.7 Å². The second-order valence-electron chi connectivity index (χ2n) is 7.28. The van der Waals surface area contributed by atoms with Crippen molar-refractivity contribution in [2.24, 2.45) is 0 Å². The fourth-order valence-electron chi connectivity index (χ4n) is 3.11. The van der Waals surface area contributed by atoms with Gasteiger partial charge in [-0.25, -0.2) is 13.2 Å². The van der Waals surface area contributed by atoms with Gasteiger partial charge in [0.05, 0.1) is 18.3 Å². The molecule has 0 saturated carbocycles. The third-order valence-corrected chi connectivity index (χ3v) is 6.40. The summed E-state index contributed by atoms with van der Waals surface area (Å²) < 4.78 is 104. The van der Waals surface area contributed by atoms with E-state index in [2.05, 4.69) is 4.98 Å². The minimum atomic E-state index is -5.29. The number of nitrogens with zero attached hydrogens (tertiary/aromatic N) is 2. The molecule has 2 aliphatic heterocycles. The van der Waals surface area contributed by atoms with Crippen molar-refractivity contribution < 1.29 is 54.1 Å². The molecule has 0 aliphatic carbocycles. The number of hydrogen-bond donors (Lipinski definition) is 1. The SMILES string of the molecule is Cc1ccncc1COC1CCOC2(C1)CN(S(=O)(=O)C(F)(F)F)C2.O=C(O)C(F)(F)F. The summed E-state index contributed by atoms with van der Waals surface area (Å²) in [6, 6.07) is 1.87. The molecule has 3 heterocycles. The number of pyridine rings is 1. The van der Waals surface area contributed by atoms with Crippen LogP contribution in [-0.2, 0) is 30.9 Å². The first-order valence-corrected chi connectivity index (χ1v) is 10.5. The van der Waals surface area contributed by atoms with Gasteiger partial charge in [-0.3, -0.25) is 4.98 Å². The van der Waals surface area contributed by atoms with E-state index in [1.165, 1.54) is 0 Å². The molecule has 32 heavy (non-hydrogen) atoms. The molecule has 3 rings (SSSR count). The number of rotatable bonds is 4. The molecule has 1 atom stereocenters. The molecule has 0 bridgehead atoms. The van der Waals surface area contributed by atoms with Crippen molar-refractivity contribution in [2.75, 3.05) is 19.7 Å². The maximum absolute atomic E-state index is 12.6. The zero-order valence-corrected chi connectivity index (χ0v) is 17.4. The molecule has 0 radical (unpaired) electrons. The van der Waals surface area contributed by atoms with Crippen LogP contribution in [0.3, 0.4) is 0 Å². The second kappa shape index (κ2) is 9.49. The van der Waals surface area contributed by atoms with Crippen LogP contribution in [0.2, 0.25) is 0 Å². The molecule has 8 nitrogen and oxygen atoms in total. The molecule has 0 amide bonds. The number of aromatic nitrogens is 1. The van der Waals surface area contributed by atoms with Crippen LogP contribution < -0.4 is 0 Å². The molecule has 1 aromatic heterocycles. The lowest BCUT2D eigenvalue weighted by Gasteiger charge is -2.52. The molecule has 1 unspecified atom stereocenters. The van der Waals surface area contributed by atoms with Crippen LogP contribution in [0.4, 0.5) is 26.3 Å². The highest BCUT2D eigenvalue weighted by molar-refractivity contribution is 7.90. The Morgan fingerprint density at radius 2 is 1.91 bits per heavy atom. The largest absolute Gasteiger partial charge is 0.511 e. The summed E-state index contributed by atoms with van der Waals surface area (Å²) in [6.45, 7) is 2.04. The molecule has 1 N–H and O–H groups in total. The number of alkyl halides is 6. The van der Waals surface area contributed by atoms with Gasteiger partial charge in [-0.2, -0.15) is 30.6 Å². The van der Waals surface area contributed by atoms with Gasteiger partial charge in [-0.15, -0.1) is 0 Å². The minimum Gasteiger partial charge on any atom is -0.475 e. The lowest BCUT2D eigenvalue weighted by molar-refractivity contribution is -0.192. The van der Waals surface area contributed by atoms with Crippen molar-refractivity contribution >= 4 is 16.0 Å². The van der Waals surface area contributed by atoms with E-state index in [0.717, 1.165) is 11.1 Å². The molecule has 1 spiro atoms. The van der Waals surface area contributed by atoms with Crippen LogP contribution in [0.1, 0.15) is 24.0 Å². The first-order chi connectivity index (χ1) is 14.6. The highest BCUT2D eigenvalue weighted by atomic mass is 32.2. The fraction of sp³-hybridized carbons (Fsp3) is 0.647. The standard InChI is InChI=1S/C15H19F3N2O4S.C2HF3O2/c1-11-2-4-19-7-12(11)8-23-13-3-5-24-14(6-13)9-20(10-14)25(21,22)15(16,17)18;3-2(4,5)1(6)7/h2,4,7,13H,3,5-6,8-10H2,1H3;(H,6,7). The normalized spacial score (nSPS) is 21.4. The number of halogens is 6. The lowest BCUT2D eigenvalue weighted by Crippen LogP contribution is -2.68. The predicted molar refractivity (Wildman–Crippen MR) is 95.7 cm³/mol. The van der Waals surface area contributed by atoms with Crippen molar-refractivity contribution in [1.29, 1.82) is 0 Å². The van der Waals surface area contributed by atoms with Crippen LogP contribution in [0, 0.1) is 6.92 Å². The van der Waals surface area contributed by atoms with Crippen LogP contribution in [0.25, 0.3) is 0 Å². The fourth-order valence-corrected chi connectivity index (χ4v) is 4.22. The molecule has 2 saturated heterocycles. The monoisotopic (exact) mass is 494 g/mol. The molecule has 1 aromatic rings. The molecular formula is C17H20F6N2O6S. The Balaban J connectivity index is 0.000000451. The van der Waals surface area contributed by atoms with E-state index in [1.807, 2.05) is 13.0 Å². The maximum atomic E-state index is 12.6. The summed E-state index contributed by atoms with van der Waals surface area (Å²) in [6.07, 6.45) is -0.884. The van der Waals surface area contributed by atoms with Crippen LogP contribution >= 0.6 is 0 Å². The van der Waals surface area contributed by atoms with Gasteiger partial charge in [0.1, 0.15) is 0 Å². The molecule has 2 fully saturated rings. The molecule has 182 valence electrons. The van der Waals surface area contributed by atoms with E-state index in [0.29, 0.717) is 30.4 Å². The summed E-state index contributed by atoms with van der Waals surface area (Å²) in [5, 5.41) is 7.12. The van der Waals surface area contributed by atoms with Crippen molar-refractivity contribution in [3.05, 3.63) is 29.6 Å². The van der Waals surface area contributed by atoms with E-state index in [-0.39, 0.29) is 19.2 Å². The number of aryl methyl sites for hydroxylation is 1. The maximum Gasteiger partial charge on any atom is 0.511 e. The number of hydrogen-bond acceptors (Lipinski definition) is 6. The Bertz CT molecular complexity index is 915. The van der Waals surface area contributed by atoms with E-state index in [9.17, 15) is 34.8 Å². The average molecular weight is 494 g/mol. The second-order valence-corrected chi connectivity index (χ2v) is 9.21. The molecular weight excluding hydrogens is 474 g/mol. The van der Waals surface area contributed by atoms with Gasteiger partial charge in [0.15, 0.2) is 0 Å². The molecule has 15 heteroatoms. The highest BCUT2D eigenvalue weighted by Gasteiger charge is 2.59. The van der Waals surface area contributed by atoms with Crippen LogP contribution in [0.15, 0.2) is 18.5 Å². The first-order valence-electron chi connectivity index (χ1n) is 9.09. The summed E-state index contributed by atoms with van der Waals surface area (Å²) in [7, 11) is -5.29. The highest BCUT2D eigenvalue weighted by Crippen LogP contribution is 2.40. The summed E-state index contributed by atoms with van der Waals surface area (Å²) in [5.74, 6) is -2.76. The topological polar surface area (TPSA) is 106 Å². The zero-order chi connectivity index (χ0) is 24.4. The predicted octanol–water partition coefficient (Wildman–Crippen LogP) is 2.62. The Morgan fingerprint density at radius 3 is 2.41 bits per heavy atom. The van der Waals surface area contributed by atoms with Crippen molar-refractivity contribution in [1.82, 2.24) is 9.29 Å².